The molecule has 0 bridgehead atoms. The van der Waals surface area contributed by atoms with E-state index in [0.29, 0.717) is 17.5 Å². The van der Waals surface area contributed by atoms with Gasteiger partial charge in [0.1, 0.15) is 11.2 Å². The lowest BCUT2D eigenvalue weighted by molar-refractivity contribution is 0.669. The number of rotatable bonds is 5. The first kappa shape index (κ1) is 28.6. The summed E-state index contributed by atoms with van der Waals surface area (Å²) in [6, 6.07) is 56.8. The van der Waals surface area contributed by atoms with Crippen molar-refractivity contribution in [1.29, 1.82) is 0 Å². The number of hydrogen-bond donors (Lipinski definition) is 0. The molecule has 7 aromatic carbocycles. The van der Waals surface area contributed by atoms with Crippen LogP contribution in [-0.2, 0) is 0 Å². The summed E-state index contributed by atoms with van der Waals surface area (Å²) in [6.07, 6.45) is 0. The highest BCUT2D eigenvalue weighted by molar-refractivity contribution is 7.26. The van der Waals surface area contributed by atoms with Crippen molar-refractivity contribution in [2.45, 2.75) is 0 Å². The van der Waals surface area contributed by atoms with Crippen molar-refractivity contribution in [3.05, 3.63) is 164 Å². The lowest BCUT2D eigenvalue weighted by atomic mass is 9.90. The number of aromatic nitrogens is 3. The van der Waals surface area contributed by atoms with Crippen LogP contribution in [0, 0.1) is 0 Å². The van der Waals surface area contributed by atoms with Crippen LogP contribution < -0.4 is 0 Å². The number of hydrogen-bond acceptors (Lipinski definition) is 5. The first-order valence-corrected chi connectivity index (χ1v) is 17.4. The van der Waals surface area contributed by atoms with Crippen molar-refractivity contribution >= 4 is 53.4 Å². The Kier molecular flexibility index (Phi) is 6.64. The summed E-state index contributed by atoms with van der Waals surface area (Å²) in [7, 11) is 0. The summed E-state index contributed by atoms with van der Waals surface area (Å²) in [6.45, 7) is 0. The van der Waals surface area contributed by atoms with E-state index in [-0.39, 0.29) is 0 Å². The molecular weight excluding hydrogens is 631 g/mol. The molecule has 0 aliphatic heterocycles. The van der Waals surface area contributed by atoms with Gasteiger partial charge < -0.3 is 4.42 Å². The van der Waals surface area contributed by atoms with Gasteiger partial charge in [0, 0.05) is 47.6 Å². The molecule has 0 atom stereocenters. The Balaban J connectivity index is 1.14. The molecule has 0 N–H and O–H groups in total. The Morgan fingerprint density at radius 1 is 0.360 bits per heavy atom. The fourth-order valence-corrected chi connectivity index (χ4v) is 8.25. The van der Waals surface area contributed by atoms with E-state index in [2.05, 4.69) is 91.0 Å². The summed E-state index contributed by atoms with van der Waals surface area (Å²) in [5, 5.41) is 4.74. The highest BCUT2D eigenvalue weighted by Gasteiger charge is 2.19. The van der Waals surface area contributed by atoms with Crippen molar-refractivity contribution in [3.8, 4) is 56.4 Å². The molecule has 0 saturated carbocycles. The van der Waals surface area contributed by atoms with Crippen LogP contribution in [0.5, 0.6) is 0 Å². The van der Waals surface area contributed by atoms with E-state index in [1.165, 1.54) is 42.4 Å². The molecule has 0 saturated heterocycles. The third-order valence-electron chi connectivity index (χ3n) is 9.36. The Labute approximate surface area is 292 Å². The van der Waals surface area contributed by atoms with Gasteiger partial charge in [-0.2, -0.15) is 0 Å². The lowest BCUT2D eigenvalue weighted by Crippen LogP contribution is -1.99. The van der Waals surface area contributed by atoms with Crippen molar-refractivity contribution in [3.63, 3.8) is 0 Å². The maximum Gasteiger partial charge on any atom is 0.164 e. The molecule has 4 nitrogen and oxygen atoms in total. The monoisotopic (exact) mass is 657 g/mol. The van der Waals surface area contributed by atoms with Crippen LogP contribution in [0.25, 0.3) is 98.5 Å². The van der Waals surface area contributed by atoms with Crippen LogP contribution in [0.15, 0.2) is 168 Å². The Morgan fingerprint density at radius 2 is 0.900 bits per heavy atom. The molecule has 0 unspecified atom stereocenters. The van der Waals surface area contributed by atoms with Crippen molar-refractivity contribution < 1.29 is 4.42 Å². The number of furan rings is 1. The van der Waals surface area contributed by atoms with Gasteiger partial charge in [0.05, 0.1) is 0 Å². The molecule has 3 heterocycles. The molecule has 10 rings (SSSR count). The minimum atomic E-state index is 0.656. The Bertz CT molecular complexity index is 2820. The van der Waals surface area contributed by atoms with Gasteiger partial charge in [-0.1, -0.05) is 140 Å². The summed E-state index contributed by atoms with van der Waals surface area (Å²) < 4.78 is 8.70. The van der Waals surface area contributed by atoms with Crippen LogP contribution in [0.2, 0.25) is 0 Å². The van der Waals surface area contributed by atoms with E-state index < -0.39 is 0 Å². The number of benzene rings is 7. The normalized spacial score (nSPS) is 11.6. The molecule has 5 heteroatoms. The SMILES string of the molecule is c1ccc(-c2nc(-c3ccccc3)nc(-c3ccc4c(c3)sc3cccc(-c5ccccc5-c5cccc6oc7ccccc7c56)c34)n2)cc1. The minimum absolute atomic E-state index is 0.656. The quantitative estimate of drug-likeness (QED) is 0.185. The minimum Gasteiger partial charge on any atom is -0.456 e. The molecule has 234 valence electrons. The van der Waals surface area contributed by atoms with Crippen molar-refractivity contribution in [2.24, 2.45) is 0 Å². The molecule has 10 aromatic rings. The van der Waals surface area contributed by atoms with E-state index in [9.17, 15) is 0 Å². The standard InChI is InChI=1S/C45H27N3OS/c1-3-13-28(14-4-1)43-46-44(29-15-5-2-6-16-29)48-45(47-43)30-25-26-36-40(27-30)50-39-24-12-21-34(42(36)39)32-18-8-7-17-31(32)33-20-11-23-38-41(33)35-19-9-10-22-37(35)49-38/h1-27H. The zero-order valence-corrected chi connectivity index (χ0v) is 27.6. The maximum atomic E-state index is 6.28. The first-order valence-electron chi connectivity index (χ1n) is 16.6. The second-order valence-corrected chi connectivity index (χ2v) is 13.4. The van der Waals surface area contributed by atoms with Gasteiger partial charge in [0.25, 0.3) is 0 Å². The summed E-state index contributed by atoms with van der Waals surface area (Å²) >= 11 is 1.80. The van der Waals surface area contributed by atoms with Gasteiger partial charge in [-0.3, -0.25) is 0 Å². The number of para-hydroxylation sites is 1. The van der Waals surface area contributed by atoms with Gasteiger partial charge in [-0.05, 0) is 46.5 Å². The van der Waals surface area contributed by atoms with Gasteiger partial charge in [0.2, 0.25) is 0 Å². The van der Waals surface area contributed by atoms with Gasteiger partial charge in [-0.25, -0.2) is 15.0 Å². The molecular formula is C45H27N3OS. The molecule has 0 spiro atoms. The molecule has 0 fully saturated rings. The highest BCUT2D eigenvalue weighted by atomic mass is 32.1. The molecule has 0 aliphatic rings. The fraction of sp³-hybridized carbons (Fsp3) is 0. The molecule has 0 aliphatic carbocycles. The molecule has 3 aromatic heterocycles. The van der Waals surface area contributed by atoms with Crippen LogP contribution in [-0.4, -0.2) is 15.0 Å². The van der Waals surface area contributed by atoms with Gasteiger partial charge >= 0.3 is 0 Å². The Morgan fingerprint density at radius 3 is 1.60 bits per heavy atom. The molecule has 0 amide bonds. The van der Waals surface area contributed by atoms with E-state index in [0.717, 1.165) is 38.6 Å². The van der Waals surface area contributed by atoms with Gasteiger partial charge in [-0.15, -0.1) is 11.3 Å². The topological polar surface area (TPSA) is 51.8 Å². The van der Waals surface area contributed by atoms with Crippen molar-refractivity contribution in [2.75, 3.05) is 0 Å². The van der Waals surface area contributed by atoms with E-state index >= 15 is 0 Å². The zero-order valence-electron chi connectivity index (χ0n) is 26.7. The van der Waals surface area contributed by atoms with Crippen LogP contribution in [0.4, 0.5) is 0 Å². The van der Waals surface area contributed by atoms with E-state index in [4.69, 9.17) is 19.4 Å². The number of fused-ring (bicyclic) bond motifs is 6. The average Bonchev–Trinajstić information content (AvgIpc) is 3.77. The lowest BCUT2D eigenvalue weighted by Gasteiger charge is -2.13. The summed E-state index contributed by atoms with van der Waals surface area (Å²) in [5.74, 6) is 1.97. The molecule has 0 radical (unpaired) electrons. The highest BCUT2D eigenvalue weighted by Crippen LogP contribution is 2.45. The Hall–Kier alpha value is -6.43. The van der Waals surface area contributed by atoms with Crippen LogP contribution in [0.1, 0.15) is 0 Å². The predicted octanol–water partition coefficient (Wildman–Crippen LogP) is 12.5. The number of thiophene rings is 1. The largest absolute Gasteiger partial charge is 0.456 e. The summed E-state index contributed by atoms with van der Waals surface area (Å²) in [4.78, 5) is 14.9. The van der Waals surface area contributed by atoms with Gasteiger partial charge in [0.15, 0.2) is 17.5 Å². The maximum absolute atomic E-state index is 6.28. The second kappa shape index (κ2) is 11.6. The zero-order chi connectivity index (χ0) is 33.0. The average molecular weight is 658 g/mol. The van der Waals surface area contributed by atoms with Crippen LogP contribution in [0.3, 0.4) is 0 Å². The summed E-state index contributed by atoms with van der Waals surface area (Å²) in [5.41, 5.74) is 9.42. The molecule has 50 heavy (non-hydrogen) atoms. The van der Waals surface area contributed by atoms with Crippen molar-refractivity contribution in [1.82, 2.24) is 15.0 Å². The van der Waals surface area contributed by atoms with E-state index in [1.54, 1.807) is 11.3 Å². The third kappa shape index (κ3) is 4.71. The number of nitrogens with zero attached hydrogens (tertiary/aromatic N) is 3. The third-order valence-corrected chi connectivity index (χ3v) is 10.5. The second-order valence-electron chi connectivity index (χ2n) is 12.4. The smallest absolute Gasteiger partial charge is 0.164 e. The van der Waals surface area contributed by atoms with Crippen LogP contribution >= 0.6 is 11.3 Å². The predicted molar refractivity (Wildman–Crippen MR) is 207 cm³/mol. The van der Waals surface area contributed by atoms with E-state index in [1.807, 2.05) is 72.8 Å². The fourth-order valence-electron chi connectivity index (χ4n) is 7.08. The first-order chi connectivity index (χ1) is 24.8.